The number of hydrogen-bond donors (Lipinski definition) is 1. The lowest BCUT2D eigenvalue weighted by molar-refractivity contribution is 0.400. The number of hydrogen-bond acceptors (Lipinski definition) is 6. The molecule has 5 rings (SSSR count). The summed E-state index contributed by atoms with van der Waals surface area (Å²) in [5.74, 6) is 0. The molecule has 0 saturated carbocycles. The van der Waals surface area contributed by atoms with Gasteiger partial charge in [-0.3, -0.25) is 4.79 Å². The molecule has 166 valence electrons. The van der Waals surface area contributed by atoms with Crippen LogP contribution in [-0.2, 0) is 23.1 Å². The van der Waals surface area contributed by atoms with E-state index in [1.807, 2.05) is 55.5 Å². The SMILES string of the molecule is Cc1ccc2cc(CN(Cc3ccccc3)S(=O)(=O)c3cccc4nsnc34)c(=O)[nH]c2c1. The number of rotatable bonds is 6. The Morgan fingerprint density at radius 1 is 0.939 bits per heavy atom. The van der Waals surface area contributed by atoms with E-state index in [2.05, 4.69) is 13.7 Å². The fourth-order valence-corrected chi connectivity index (χ4v) is 5.97. The van der Waals surface area contributed by atoms with E-state index in [4.69, 9.17) is 0 Å². The second-order valence-electron chi connectivity index (χ2n) is 7.86. The maximum absolute atomic E-state index is 13.8. The Labute approximate surface area is 194 Å². The molecule has 0 atom stereocenters. The molecule has 0 unspecified atom stereocenters. The molecule has 9 heteroatoms. The predicted molar refractivity (Wildman–Crippen MR) is 130 cm³/mol. The van der Waals surface area contributed by atoms with Gasteiger partial charge in [0.15, 0.2) is 0 Å². The minimum Gasteiger partial charge on any atom is -0.322 e. The zero-order valence-electron chi connectivity index (χ0n) is 17.7. The number of benzene rings is 3. The molecule has 7 nitrogen and oxygen atoms in total. The Morgan fingerprint density at radius 3 is 2.58 bits per heavy atom. The number of H-pyrrole nitrogens is 1. The van der Waals surface area contributed by atoms with Crippen molar-refractivity contribution in [2.45, 2.75) is 24.9 Å². The number of fused-ring (bicyclic) bond motifs is 2. The average molecular weight is 477 g/mol. The van der Waals surface area contributed by atoms with Gasteiger partial charge in [-0.1, -0.05) is 48.5 Å². The Hall–Kier alpha value is -3.40. The summed E-state index contributed by atoms with van der Waals surface area (Å²) in [6.45, 7) is 1.99. The predicted octanol–water partition coefficient (Wildman–Crippen LogP) is 4.23. The van der Waals surface area contributed by atoms with Crippen LogP contribution in [-0.4, -0.2) is 26.5 Å². The molecule has 2 aromatic heterocycles. The van der Waals surface area contributed by atoms with Gasteiger partial charge in [-0.15, -0.1) is 0 Å². The third kappa shape index (κ3) is 4.18. The number of nitrogens with one attached hydrogen (secondary N) is 1. The zero-order chi connectivity index (χ0) is 23.0. The highest BCUT2D eigenvalue weighted by Crippen LogP contribution is 2.27. The maximum Gasteiger partial charge on any atom is 0.252 e. The van der Waals surface area contributed by atoms with E-state index in [9.17, 15) is 13.2 Å². The van der Waals surface area contributed by atoms with Crippen molar-refractivity contribution < 1.29 is 8.42 Å². The molecule has 0 spiro atoms. The molecular weight excluding hydrogens is 456 g/mol. The first-order valence-electron chi connectivity index (χ1n) is 10.3. The van der Waals surface area contributed by atoms with Crippen LogP contribution in [0, 0.1) is 6.92 Å². The number of sulfonamides is 1. The first-order chi connectivity index (χ1) is 15.9. The van der Waals surface area contributed by atoms with E-state index in [0.717, 1.165) is 33.8 Å². The second kappa shape index (κ2) is 8.51. The van der Waals surface area contributed by atoms with Crippen molar-refractivity contribution in [3.63, 3.8) is 0 Å². The van der Waals surface area contributed by atoms with Gasteiger partial charge in [0.1, 0.15) is 15.9 Å². The summed E-state index contributed by atoms with van der Waals surface area (Å²) in [5, 5.41) is 0.845. The summed E-state index contributed by atoms with van der Waals surface area (Å²) in [6.07, 6.45) is 0. The number of aryl methyl sites for hydroxylation is 1. The summed E-state index contributed by atoms with van der Waals surface area (Å²) < 4.78 is 37.3. The molecule has 0 aliphatic carbocycles. The maximum atomic E-state index is 13.8. The fourth-order valence-electron chi connectivity index (χ4n) is 3.81. The summed E-state index contributed by atoms with van der Waals surface area (Å²) in [5.41, 5.74) is 3.49. The summed E-state index contributed by atoms with van der Waals surface area (Å²) in [4.78, 5) is 15.8. The van der Waals surface area contributed by atoms with Crippen molar-refractivity contribution in [1.29, 1.82) is 0 Å². The summed E-state index contributed by atoms with van der Waals surface area (Å²) >= 11 is 0.970. The molecule has 0 fully saturated rings. The minimum absolute atomic E-state index is 0.0790. The minimum atomic E-state index is -3.99. The van der Waals surface area contributed by atoms with Gasteiger partial charge in [0, 0.05) is 24.2 Å². The van der Waals surface area contributed by atoms with Crippen molar-refractivity contribution >= 4 is 43.7 Å². The molecule has 0 aliphatic heterocycles. The molecule has 33 heavy (non-hydrogen) atoms. The third-order valence-corrected chi connectivity index (χ3v) is 7.86. The molecule has 1 N–H and O–H groups in total. The van der Waals surface area contributed by atoms with E-state index in [0.29, 0.717) is 16.6 Å². The van der Waals surface area contributed by atoms with Gasteiger partial charge in [-0.05, 0) is 47.7 Å². The van der Waals surface area contributed by atoms with E-state index in [1.54, 1.807) is 18.2 Å². The Kier molecular flexibility index (Phi) is 5.53. The molecule has 0 bridgehead atoms. The van der Waals surface area contributed by atoms with Crippen molar-refractivity contribution in [1.82, 2.24) is 18.0 Å². The molecule has 0 amide bonds. The molecule has 3 aromatic carbocycles. The van der Waals surface area contributed by atoms with E-state index < -0.39 is 10.0 Å². The zero-order valence-corrected chi connectivity index (χ0v) is 19.4. The van der Waals surface area contributed by atoms with E-state index in [1.165, 1.54) is 10.4 Å². The van der Waals surface area contributed by atoms with Crippen molar-refractivity contribution in [3.8, 4) is 0 Å². The molecule has 2 heterocycles. The number of aromatic nitrogens is 3. The lowest BCUT2D eigenvalue weighted by Crippen LogP contribution is -2.32. The molecule has 0 saturated heterocycles. The first-order valence-corrected chi connectivity index (χ1v) is 12.5. The van der Waals surface area contributed by atoms with Crippen LogP contribution in [0.25, 0.3) is 21.9 Å². The average Bonchev–Trinajstić information content (AvgIpc) is 3.29. The summed E-state index contributed by atoms with van der Waals surface area (Å²) in [6, 6.07) is 21.8. The van der Waals surface area contributed by atoms with Crippen LogP contribution < -0.4 is 5.56 Å². The van der Waals surface area contributed by atoms with Gasteiger partial charge < -0.3 is 4.98 Å². The van der Waals surface area contributed by atoms with Gasteiger partial charge in [0.2, 0.25) is 10.0 Å². The van der Waals surface area contributed by atoms with Crippen LogP contribution in [0.5, 0.6) is 0 Å². The van der Waals surface area contributed by atoms with Crippen LogP contribution in [0.3, 0.4) is 0 Å². The van der Waals surface area contributed by atoms with Crippen molar-refractivity contribution in [2.24, 2.45) is 0 Å². The van der Waals surface area contributed by atoms with Gasteiger partial charge in [0.05, 0.1) is 11.7 Å². The van der Waals surface area contributed by atoms with Crippen LogP contribution >= 0.6 is 11.7 Å². The van der Waals surface area contributed by atoms with Gasteiger partial charge in [-0.25, -0.2) is 8.42 Å². The largest absolute Gasteiger partial charge is 0.322 e. The highest BCUT2D eigenvalue weighted by molar-refractivity contribution is 7.89. The normalized spacial score (nSPS) is 12.1. The van der Waals surface area contributed by atoms with Crippen LogP contribution in [0.4, 0.5) is 0 Å². The lowest BCUT2D eigenvalue weighted by atomic mass is 10.1. The van der Waals surface area contributed by atoms with Crippen LogP contribution in [0.1, 0.15) is 16.7 Å². The van der Waals surface area contributed by atoms with E-state index >= 15 is 0 Å². The molecule has 5 aromatic rings. The number of nitrogens with zero attached hydrogens (tertiary/aromatic N) is 3. The highest BCUT2D eigenvalue weighted by Gasteiger charge is 2.29. The monoisotopic (exact) mass is 476 g/mol. The third-order valence-electron chi connectivity index (χ3n) is 5.49. The molecule has 0 radical (unpaired) electrons. The second-order valence-corrected chi connectivity index (χ2v) is 10.3. The molecular formula is C24H20N4O3S2. The van der Waals surface area contributed by atoms with E-state index in [-0.39, 0.29) is 23.5 Å². The van der Waals surface area contributed by atoms with Crippen LogP contribution in [0.2, 0.25) is 0 Å². The Morgan fingerprint density at radius 2 is 1.76 bits per heavy atom. The fraction of sp³-hybridized carbons (Fsp3) is 0.125. The molecule has 0 aliphatic rings. The lowest BCUT2D eigenvalue weighted by Gasteiger charge is -2.22. The van der Waals surface area contributed by atoms with Crippen molar-refractivity contribution in [3.05, 3.63) is 99.8 Å². The smallest absolute Gasteiger partial charge is 0.252 e. The standard InChI is InChI=1S/C24H20N4O3S2/c1-16-10-11-18-13-19(24(29)25-21(18)12-16)15-28(14-17-6-3-2-4-7-17)33(30,31)22-9-5-8-20-23(22)27-32-26-20/h2-13H,14-15H2,1H3,(H,25,29). The Bertz CT molecular complexity index is 1630. The van der Waals surface area contributed by atoms with Gasteiger partial charge >= 0.3 is 0 Å². The number of pyridine rings is 1. The topological polar surface area (TPSA) is 96.0 Å². The first kappa shape index (κ1) is 21.4. The van der Waals surface area contributed by atoms with Gasteiger partial charge in [0.25, 0.3) is 5.56 Å². The van der Waals surface area contributed by atoms with Crippen molar-refractivity contribution in [2.75, 3.05) is 0 Å². The van der Waals surface area contributed by atoms with Gasteiger partial charge in [-0.2, -0.15) is 13.1 Å². The highest BCUT2D eigenvalue weighted by atomic mass is 32.2. The Balaban J connectivity index is 1.61. The quantitative estimate of drug-likeness (QED) is 0.396. The van der Waals surface area contributed by atoms with Crippen LogP contribution in [0.15, 0.2) is 82.5 Å². The number of aromatic amines is 1. The summed E-state index contributed by atoms with van der Waals surface area (Å²) in [7, 11) is -3.99.